The van der Waals surface area contributed by atoms with Crippen molar-refractivity contribution in [3.63, 3.8) is 0 Å². The smallest absolute Gasteiger partial charge is 0.352 e. The van der Waals surface area contributed by atoms with Crippen molar-refractivity contribution in [1.29, 1.82) is 0 Å². The fraction of sp³-hybridized carbons (Fsp3) is 0.333. The number of carboxylic acids is 1. The monoisotopic (exact) mass is 500 g/mol. The van der Waals surface area contributed by atoms with E-state index in [0.717, 1.165) is 11.3 Å². The van der Waals surface area contributed by atoms with Crippen LogP contribution < -0.4 is 10.1 Å². The molecule has 0 aliphatic carbocycles. The van der Waals surface area contributed by atoms with Gasteiger partial charge in [-0.15, -0.1) is 11.8 Å². The predicted molar refractivity (Wildman–Crippen MR) is 125 cm³/mol. The van der Waals surface area contributed by atoms with Gasteiger partial charge in [0.05, 0.1) is 0 Å². The number of nitrogens with one attached hydrogen (secondary N) is 1. The van der Waals surface area contributed by atoms with Crippen molar-refractivity contribution in [1.82, 2.24) is 10.2 Å². The van der Waals surface area contributed by atoms with Crippen LogP contribution in [0.4, 0.5) is 0 Å². The summed E-state index contributed by atoms with van der Waals surface area (Å²) in [6, 6.07) is 9.88. The zero-order valence-electron chi connectivity index (χ0n) is 19.1. The van der Waals surface area contributed by atoms with Crippen LogP contribution in [-0.2, 0) is 32.1 Å². The number of nitrogens with zero attached hydrogens (tertiary/aromatic N) is 1. The van der Waals surface area contributed by atoms with E-state index >= 15 is 0 Å². The molecule has 2 amide bonds. The zero-order valence-corrected chi connectivity index (χ0v) is 19.9. The molecule has 2 atom stereocenters. The van der Waals surface area contributed by atoms with Crippen LogP contribution in [0.3, 0.4) is 0 Å². The Morgan fingerprint density at radius 2 is 1.91 bits per heavy atom. The first-order valence-corrected chi connectivity index (χ1v) is 12.0. The number of esters is 1. The number of β-lactam (4-membered cyclic amide) rings is 1. The Labute approximate surface area is 205 Å². The van der Waals surface area contributed by atoms with Crippen molar-refractivity contribution in [2.75, 3.05) is 12.4 Å². The topological polar surface area (TPSA) is 135 Å². The lowest BCUT2D eigenvalue weighted by atomic mass is 10.0. The van der Waals surface area contributed by atoms with E-state index in [2.05, 4.69) is 12.2 Å². The Bertz CT molecular complexity index is 1190. The number of amides is 2. The third-order valence-electron chi connectivity index (χ3n) is 5.58. The number of hydrogen-bond donors (Lipinski definition) is 2. The van der Waals surface area contributed by atoms with Gasteiger partial charge in [-0.25, -0.2) is 4.79 Å². The van der Waals surface area contributed by atoms with Gasteiger partial charge in [0.25, 0.3) is 11.8 Å². The maximum atomic E-state index is 12.7. The molecule has 0 radical (unpaired) electrons. The third-order valence-corrected chi connectivity index (χ3v) is 6.92. The average molecular weight is 501 g/mol. The highest BCUT2D eigenvalue weighted by Crippen LogP contribution is 2.40. The summed E-state index contributed by atoms with van der Waals surface area (Å²) >= 11 is 1.28. The number of hydrogen-bond acceptors (Lipinski definition) is 8. The first-order chi connectivity index (χ1) is 16.8. The van der Waals surface area contributed by atoms with Gasteiger partial charge in [-0.1, -0.05) is 19.1 Å². The fourth-order valence-corrected chi connectivity index (χ4v) is 5.08. The summed E-state index contributed by atoms with van der Waals surface area (Å²) < 4.78 is 16.2. The summed E-state index contributed by atoms with van der Waals surface area (Å²) in [6.07, 6.45) is 0.931. The number of carbonyl (C=O) groups excluding carboxylic acids is 3. The predicted octanol–water partition coefficient (Wildman–Crippen LogP) is 2.34. The molecule has 0 spiro atoms. The number of benzene rings is 1. The quantitative estimate of drug-likeness (QED) is 0.393. The molecule has 35 heavy (non-hydrogen) atoms. The van der Waals surface area contributed by atoms with Gasteiger partial charge in [0.2, 0.25) is 0 Å². The fourth-order valence-electron chi connectivity index (χ4n) is 3.75. The molecule has 0 unspecified atom stereocenters. The molecule has 1 aromatic carbocycles. The Kier molecular flexibility index (Phi) is 7.15. The number of aliphatic carboxylic acids is 1. The molecule has 10 nitrogen and oxygen atoms in total. The summed E-state index contributed by atoms with van der Waals surface area (Å²) in [6.45, 7) is 3.20. The number of fused-ring (bicyclic) bond motifs is 1. The van der Waals surface area contributed by atoms with Gasteiger partial charge >= 0.3 is 11.9 Å². The first-order valence-electron chi connectivity index (χ1n) is 10.9. The normalized spacial score (nSPS) is 19.0. The minimum Gasteiger partial charge on any atom is -0.486 e. The van der Waals surface area contributed by atoms with Crippen LogP contribution in [0.2, 0.25) is 0 Å². The summed E-state index contributed by atoms with van der Waals surface area (Å²) in [7, 11) is 0. The molecule has 3 heterocycles. The van der Waals surface area contributed by atoms with Gasteiger partial charge in [-0.2, -0.15) is 0 Å². The maximum Gasteiger partial charge on any atom is 0.352 e. The van der Waals surface area contributed by atoms with Gasteiger partial charge in [0.1, 0.15) is 41.8 Å². The van der Waals surface area contributed by atoms with Crippen molar-refractivity contribution in [2.45, 2.75) is 38.3 Å². The number of ether oxygens (including phenoxy) is 2. The van der Waals surface area contributed by atoms with E-state index in [1.54, 1.807) is 6.07 Å². The number of furan rings is 1. The standard InChI is InChI=1S/C24H24N2O8S/c1-3-14-4-6-16(7-5-14)33-11-17-8-9-18(34-17)21(28)25-19-22(29)26-20(24(30)31)15(10-32-13(2)27)12-35-23(19)26/h4-9,19,23H,3,10-12H2,1-2H3,(H,25,28)(H,30,31)/t19-,23+/m1/s1. The van der Waals surface area contributed by atoms with Crippen LogP contribution in [0.25, 0.3) is 0 Å². The van der Waals surface area contributed by atoms with Crippen LogP contribution in [0.1, 0.15) is 35.7 Å². The van der Waals surface area contributed by atoms with Crippen molar-refractivity contribution >= 4 is 35.5 Å². The highest BCUT2D eigenvalue weighted by Gasteiger charge is 2.54. The number of carbonyl (C=O) groups is 4. The Morgan fingerprint density at radius 1 is 1.17 bits per heavy atom. The first kappa shape index (κ1) is 24.4. The number of aryl methyl sites for hydroxylation is 1. The number of carboxylic acid groups (broad SMARTS) is 1. The summed E-state index contributed by atoms with van der Waals surface area (Å²) in [5.41, 5.74) is 1.31. The molecule has 1 saturated heterocycles. The van der Waals surface area contributed by atoms with E-state index in [0.29, 0.717) is 17.1 Å². The maximum absolute atomic E-state index is 12.7. The Balaban J connectivity index is 1.36. The molecule has 1 aromatic heterocycles. The minimum atomic E-state index is -1.30. The van der Waals surface area contributed by atoms with Gasteiger partial charge in [0.15, 0.2) is 5.76 Å². The second kappa shape index (κ2) is 10.3. The van der Waals surface area contributed by atoms with E-state index in [1.807, 2.05) is 24.3 Å². The Morgan fingerprint density at radius 3 is 2.57 bits per heavy atom. The van der Waals surface area contributed by atoms with E-state index in [-0.39, 0.29) is 30.4 Å². The van der Waals surface area contributed by atoms with Gasteiger partial charge in [-0.3, -0.25) is 19.3 Å². The lowest BCUT2D eigenvalue weighted by Gasteiger charge is -2.49. The molecule has 0 bridgehead atoms. The van der Waals surface area contributed by atoms with Crippen LogP contribution in [0, 0.1) is 0 Å². The van der Waals surface area contributed by atoms with Crippen molar-refractivity contribution < 1.29 is 38.2 Å². The summed E-state index contributed by atoms with van der Waals surface area (Å²) in [4.78, 5) is 49.4. The van der Waals surface area contributed by atoms with Crippen LogP contribution in [-0.4, -0.2) is 57.5 Å². The molecule has 11 heteroatoms. The second-order valence-corrected chi connectivity index (χ2v) is 9.06. The summed E-state index contributed by atoms with van der Waals surface area (Å²) in [5, 5.41) is 11.6. The van der Waals surface area contributed by atoms with E-state index in [4.69, 9.17) is 13.9 Å². The van der Waals surface area contributed by atoms with E-state index < -0.39 is 35.2 Å². The molecule has 2 aromatic rings. The molecule has 2 aliphatic heterocycles. The van der Waals surface area contributed by atoms with Crippen molar-refractivity contribution in [3.8, 4) is 5.75 Å². The second-order valence-electron chi connectivity index (χ2n) is 7.95. The van der Waals surface area contributed by atoms with E-state index in [1.165, 1.54) is 30.3 Å². The lowest BCUT2D eigenvalue weighted by molar-refractivity contribution is -0.149. The zero-order chi connectivity index (χ0) is 25.1. The van der Waals surface area contributed by atoms with Gasteiger partial charge < -0.3 is 24.3 Å². The molecule has 0 saturated carbocycles. The molecule has 2 aliphatic rings. The van der Waals surface area contributed by atoms with Crippen LogP contribution in [0.5, 0.6) is 5.75 Å². The Hall–Kier alpha value is -3.73. The number of thioether (sulfide) groups is 1. The average Bonchev–Trinajstić information content (AvgIpc) is 3.33. The highest BCUT2D eigenvalue weighted by atomic mass is 32.2. The lowest BCUT2D eigenvalue weighted by Crippen LogP contribution is -2.70. The van der Waals surface area contributed by atoms with Gasteiger partial charge in [-0.05, 0) is 36.2 Å². The molecule has 184 valence electrons. The SMILES string of the molecule is CCc1ccc(OCc2ccc(C(=O)N[C@@H]3C(=O)N4C(C(=O)O)=C(COC(C)=O)CS[C@@H]34)o2)cc1. The highest BCUT2D eigenvalue weighted by molar-refractivity contribution is 8.00. The molecular weight excluding hydrogens is 476 g/mol. The third kappa shape index (κ3) is 5.19. The molecule has 4 rings (SSSR count). The molecular formula is C24H24N2O8S. The largest absolute Gasteiger partial charge is 0.486 e. The van der Waals surface area contributed by atoms with Crippen LogP contribution >= 0.6 is 11.8 Å². The van der Waals surface area contributed by atoms with Gasteiger partial charge in [0, 0.05) is 18.2 Å². The minimum absolute atomic E-state index is 0.0153. The van der Waals surface area contributed by atoms with E-state index in [9.17, 15) is 24.3 Å². The molecule has 1 fully saturated rings. The number of rotatable bonds is 9. The summed E-state index contributed by atoms with van der Waals surface area (Å²) in [5.74, 6) is -1.61. The molecule has 2 N–H and O–H groups in total. The van der Waals surface area contributed by atoms with Crippen molar-refractivity contribution in [2.24, 2.45) is 0 Å². The van der Waals surface area contributed by atoms with Crippen LogP contribution in [0.15, 0.2) is 52.1 Å². The van der Waals surface area contributed by atoms with Crippen molar-refractivity contribution in [3.05, 3.63) is 64.8 Å².